The maximum Gasteiger partial charge on any atom is 0.346 e. The molecule has 2 heterocycles. The number of carbonyl (C=O) groups excluding carboxylic acids is 1. The Bertz CT molecular complexity index is 1120. The third-order valence-corrected chi connectivity index (χ3v) is 6.54. The molecular formula is C19H27N5O6S. The molecule has 0 radical (unpaired) electrons. The average molecular weight is 454 g/mol. The van der Waals surface area contributed by atoms with Gasteiger partial charge in [-0.1, -0.05) is 0 Å². The first kappa shape index (κ1) is 22.8. The molecule has 170 valence electrons. The van der Waals surface area contributed by atoms with Gasteiger partial charge in [-0.3, -0.25) is 9.36 Å². The van der Waals surface area contributed by atoms with E-state index in [2.05, 4.69) is 10.4 Å². The molecule has 0 aliphatic carbocycles. The van der Waals surface area contributed by atoms with Gasteiger partial charge in [0.05, 0.1) is 26.2 Å². The third kappa shape index (κ3) is 5.07. The number of piperidine rings is 1. The molecule has 1 atom stereocenters. The van der Waals surface area contributed by atoms with Crippen LogP contribution in [0, 0.1) is 0 Å². The van der Waals surface area contributed by atoms with Crippen LogP contribution in [-0.2, 0) is 28.4 Å². The number of carbonyl (C=O) groups is 1. The first-order chi connectivity index (χ1) is 14.6. The normalized spacial score (nSPS) is 17.4. The molecule has 2 aromatic rings. The topological polar surface area (TPSA) is 125 Å². The van der Waals surface area contributed by atoms with Gasteiger partial charge in [-0.2, -0.15) is 5.10 Å². The molecule has 1 aromatic heterocycles. The van der Waals surface area contributed by atoms with Crippen LogP contribution in [0.2, 0.25) is 0 Å². The number of hydrogen-bond donors (Lipinski definition) is 1. The van der Waals surface area contributed by atoms with Crippen molar-refractivity contribution in [2.75, 3.05) is 38.9 Å². The molecule has 0 bridgehead atoms. The highest BCUT2D eigenvalue weighted by Gasteiger charge is 2.30. The summed E-state index contributed by atoms with van der Waals surface area (Å²) >= 11 is 0. The van der Waals surface area contributed by atoms with E-state index in [4.69, 9.17) is 9.47 Å². The van der Waals surface area contributed by atoms with Crippen molar-refractivity contribution in [1.82, 2.24) is 18.7 Å². The number of aromatic nitrogens is 3. The maximum absolute atomic E-state index is 12.6. The Balaban J connectivity index is 1.76. The molecule has 1 aliphatic heterocycles. The number of amides is 1. The largest absolute Gasteiger partial charge is 0.497 e. The Labute approximate surface area is 180 Å². The van der Waals surface area contributed by atoms with E-state index in [0.29, 0.717) is 42.4 Å². The number of rotatable bonds is 7. The summed E-state index contributed by atoms with van der Waals surface area (Å²) in [6.07, 6.45) is 2.56. The van der Waals surface area contributed by atoms with Gasteiger partial charge < -0.3 is 14.8 Å². The quantitative estimate of drug-likeness (QED) is 0.642. The molecule has 0 spiro atoms. The number of anilines is 1. The number of nitrogens with one attached hydrogen (secondary N) is 1. The van der Waals surface area contributed by atoms with Gasteiger partial charge in [0.1, 0.15) is 23.9 Å². The molecule has 1 N–H and O–H groups in total. The molecule has 1 aliphatic rings. The van der Waals surface area contributed by atoms with Gasteiger partial charge in [-0.05, 0) is 25.0 Å². The van der Waals surface area contributed by atoms with Gasteiger partial charge in [-0.15, -0.1) is 0 Å². The molecule has 11 nitrogen and oxygen atoms in total. The van der Waals surface area contributed by atoms with Crippen LogP contribution in [0.5, 0.6) is 11.5 Å². The lowest BCUT2D eigenvalue weighted by atomic mass is 9.99. The first-order valence-electron chi connectivity index (χ1n) is 9.74. The van der Waals surface area contributed by atoms with Crippen LogP contribution in [0.1, 0.15) is 24.6 Å². The minimum atomic E-state index is -3.32. The summed E-state index contributed by atoms with van der Waals surface area (Å²) in [5.41, 5.74) is -0.00287. The predicted molar refractivity (Wildman–Crippen MR) is 114 cm³/mol. The number of nitrogens with zero attached hydrogens (tertiary/aromatic N) is 4. The lowest BCUT2D eigenvalue weighted by Crippen LogP contribution is -2.39. The molecule has 3 rings (SSSR count). The molecular weight excluding hydrogens is 426 g/mol. The SMILES string of the molecule is COc1ccc(NC(=O)Cn2nc(C3CCCN(S(C)(=O)=O)C3)n(C)c2=O)c(OC)c1. The van der Waals surface area contributed by atoms with Gasteiger partial charge in [0.2, 0.25) is 15.9 Å². The number of methoxy groups -OCH3 is 2. The van der Waals surface area contributed by atoms with Crippen LogP contribution >= 0.6 is 0 Å². The van der Waals surface area contributed by atoms with Crippen LogP contribution in [0.25, 0.3) is 0 Å². The highest BCUT2D eigenvalue weighted by Crippen LogP contribution is 2.29. The number of hydrogen-bond acceptors (Lipinski definition) is 7. The van der Waals surface area contributed by atoms with E-state index < -0.39 is 21.6 Å². The second kappa shape index (κ2) is 9.10. The summed E-state index contributed by atoms with van der Waals surface area (Å²) in [5, 5.41) is 7.04. The maximum atomic E-state index is 12.6. The molecule has 1 saturated heterocycles. The van der Waals surface area contributed by atoms with Crippen molar-refractivity contribution in [1.29, 1.82) is 0 Å². The summed E-state index contributed by atoms with van der Waals surface area (Å²) in [7, 11) is 1.26. The van der Waals surface area contributed by atoms with E-state index in [1.54, 1.807) is 25.2 Å². The Morgan fingerprint density at radius 2 is 2.03 bits per heavy atom. The molecule has 12 heteroatoms. The smallest absolute Gasteiger partial charge is 0.346 e. The van der Waals surface area contributed by atoms with Crippen molar-refractivity contribution >= 4 is 21.6 Å². The van der Waals surface area contributed by atoms with E-state index >= 15 is 0 Å². The fourth-order valence-electron chi connectivity index (χ4n) is 3.65. The third-order valence-electron chi connectivity index (χ3n) is 5.27. The summed E-state index contributed by atoms with van der Waals surface area (Å²) in [4.78, 5) is 25.2. The Hall–Kier alpha value is -2.86. The molecule has 0 saturated carbocycles. The van der Waals surface area contributed by atoms with Crippen LogP contribution in [0.15, 0.2) is 23.0 Å². The standard InChI is InChI=1S/C19H27N5O6S/c1-22-18(13-6-5-9-23(11-13)31(4,27)28)21-24(19(22)26)12-17(25)20-15-8-7-14(29-2)10-16(15)30-3/h7-8,10,13H,5-6,9,11-12H2,1-4H3,(H,20,25). The summed E-state index contributed by atoms with van der Waals surface area (Å²) in [5.74, 6) is 0.804. The zero-order chi connectivity index (χ0) is 22.8. The van der Waals surface area contributed by atoms with Crippen LogP contribution in [0.3, 0.4) is 0 Å². The summed E-state index contributed by atoms with van der Waals surface area (Å²) in [6.45, 7) is 0.429. The zero-order valence-electron chi connectivity index (χ0n) is 18.0. The second-order valence-electron chi connectivity index (χ2n) is 7.43. The van der Waals surface area contributed by atoms with Crippen molar-refractivity contribution in [2.24, 2.45) is 7.05 Å². The minimum Gasteiger partial charge on any atom is -0.497 e. The summed E-state index contributed by atoms with van der Waals surface area (Å²) < 4.78 is 38.0. The number of benzene rings is 1. The molecule has 1 fully saturated rings. The van der Waals surface area contributed by atoms with Crippen molar-refractivity contribution in [3.8, 4) is 11.5 Å². The average Bonchev–Trinajstić information content (AvgIpc) is 3.02. The van der Waals surface area contributed by atoms with E-state index in [1.807, 2.05) is 0 Å². The zero-order valence-corrected chi connectivity index (χ0v) is 18.8. The van der Waals surface area contributed by atoms with Crippen molar-refractivity contribution in [3.63, 3.8) is 0 Å². The van der Waals surface area contributed by atoms with Gasteiger partial charge in [0, 0.05) is 32.1 Å². The number of sulfonamides is 1. The molecule has 1 amide bonds. The minimum absolute atomic E-state index is 0.216. The van der Waals surface area contributed by atoms with Gasteiger partial charge in [0.25, 0.3) is 0 Å². The van der Waals surface area contributed by atoms with Crippen LogP contribution in [-0.4, -0.2) is 66.5 Å². The fourth-order valence-corrected chi connectivity index (χ4v) is 4.56. The summed E-state index contributed by atoms with van der Waals surface area (Å²) in [6, 6.07) is 4.96. The second-order valence-corrected chi connectivity index (χ2v) is 9.41. The highest BCUT2D eigenvalue weighted by molar-refractivity contribution is 7.88. The Morgan fingerprint density at radius 1 is 1.29 bits per heavy atom. The fraction of sp³-hybridized carbons (Fsp3) is 0.526. The van der Waals surface area contributed by atoms with Crippen molar-refractivity contribution in [3.05, 3.63) is 34.5 Å². The van der Waals surface area contributed by atoms with Gasteiger partial charge >= 0.3 is 5.69 Å². The Morgan fingerprint density at radius 3 is 2.68 bits per heavy atom. The number of ether oxygens (including phenoxy) is 2. The van der Waals surface area contributed by atoms with Crippen molar-refractivity contribution in [2.45, 2.75) is 25.3 Å². The van der Waals surface area contributed by atoms with E-state index in [-0.39, 0.29) is 19.0 Å². The van der Waals surface area contributed by atoms with Crippen LogP contribution < -0.4 is 20.5 Å². The molecule has 1 unspecified atom stereocenters. The van der Waals surface area contributed by atoms with Crippen LogP contribution in [0.4, 0.5) is 5.69 Å². The van der Waals surface area contributed by atoms with Gasteiger partial charge in [-0.25, -0.2) is 22.2 Å². The molecule has 31 heavy (non-hydrogen) atoms. The van der Waals surface area contributed by atoms with Crippen molar-refractivity contribution < 1.29 is 22.7 Å². The lowest BCUT2D eigenvalue weighted by molar-refractivity contribution is -0.117. The van der Waals surface area contributed by atoms with E-state index in [0.717, 1.165) is 4.68 Å². The van der Waals surface area contributed by atoms with E-state index in [1.165, 1.54) is 29.3 Å². The van der Waals surface area contributed by atoms with Gasteiger partial charge in [0.15, 0.2) is 0 Å². The first-order valence-corrected chi connectivity index (χ1v) is 11.6. The van der Waals surface area contributed by atoms with E-state index in [9.17, 15) is 18.0 Å². The Kier molecular flexibility index (Phi) is 6.70. The highest BCUT2D eigenvalue weighted by atomic mass is 32.2. The molecule has 1 aromatic carbocycles. The monoisotopic (exact) mass is 453 g/mol. The predicted octanol–water partition coefficient (Wildman–Crippen LogP) is 0.377. The lowest BCUT2D eigenvalue weighted by Gasteiger charge is -2.30.